The Morgan fingerprint density at radius 2 is 2.00 bits per heavy atom. The predicted molar refractivity (Wildman–Crippen MR) is 78.9 cm³/mol. The van der Waals surface area contributed by atoms with E-state index in [0.29, 0.717) is 22.9 Å². The number of amides is 1. The molecule has 104 valence electrons. The Hall–Kier alpha value is -1.69. The first-order chi connectivity index (χ1) is 9.08. The van der Waals surface area contributed by atoms with Crippen LogP contribution in [-0.2, 0) is 0 Å². The number of nitrogens with two attached hydrogens (primary N) is 1. The number of nitrogens with one attached hydrogen (secondary N) is 1. The lowest BCUT2D eigenvalue weighted by molar-refractivity contribution is 0.0953. The number of carbonyl (C=O) groups excluding carboxylic acids is 1. The van der Waals surface area contributed by atoms with Crippen molar-refractivity contribution in [1.82, 2.24) is 5.32 Å². The maximum absolute atomic E-state index is 11.8. The van der Waals surface area contributed by atoms with Crippen LogP contribution in [0.4, 0.5) is 0 Å². The van der Waals surface area contributed by atoms with Crippen molar-refractivity contribution in [3.63, 3.8) is 0 Å². The summed E-state index contributed by atoms with van der Waals surface area (Å²) < 4.78 is 0. The fourth-order valence-electron chi connectivity index (χ4n) is 1.46. The Labute approximate surface area is 117 Å². The van der Waals surface area contributed by atoms with Crippen LogP contribution in [-0.4, -0.2) is 35.0 Å². The first-order valence-corrected chi connectivity index (χ1v) is 7.26. The molecule has 0 bridgehead atoms. The monoisotopic (exact) mass is 281 g/mol. The zero-order valence-corrected chi connectivity index (χ0v) is 11.9. The molecule has 0 fully saturated rings. The summed E-state index contributed by atoms with van der Waals surface area (Å²) in [5.74, 6) is -0.0832. The molecule has 0 aliphatic rings. The minimum absolute atomic E-state index is 0.0285. The summed E-state index contributed by atoms with van der Waals surface area (Å²) in [4.78, 5) is 11.8. The van der Waals surface area contributed by atoms with Crippen molar-refractivity contribution >= 4 is 23.5 Å². The number of nitrogens with zero attached hydrogens (tertiary/aromatic N) is 1. The number of carbonyl (C=O) groups is 1. The highest BCUT2D eigenvalue weighted by molar-refractivity contribution is 7.99. The lowest BCUT2D eigenvalue weighted by Gasteiger charge is -2.09. The van der Waals surface area contributed by atoms with Crippen molar-refractivity contribution in [1.29, 1.82) is 0 Å². The highest BCUT2D eigenvalue weighted by atomic mass is 32.2. The third-order valence-corrected chi connectivity index (χ3v) is 3.83. The molecule has 1 aromatic rings. The summed E-state index contributed by atoms with van der Waals surface area (Å²) in [5, 5.41) is 14.8. The van der Waals surface area contributed by atoms with E-state index in [1.54, 1.807) is 36.0 Å². The van der Waals surface area contributed by atoms with E-state index in [4.69, 9.17) is 10.9 Å². The van der Waals surface area contributed by atoms with Crippen molar-refractivity contribution in [3.8, 4) is 0 Å². The quantitative estimate of drug-likeness (QED) is 0.320. The van der Waals surface area contributed by atoms with Crippen molar-refractivity contribution in [3.05, 3.63) is 35.4 Å². The van der Waals surface area contributed by atoms with Gasteiger partial charge < -0.3 is 16.3 Å². The first-order valence-electron chi connectivity index (χ1n) is 5.97. The molecule has 5 nitrogen and oxygen atoms in total. The van der Waals surface area contributed by atoms with E-state index in [1.165, 1.54) is 0 Å². The molecule has 0 aromatic heterocycles. The van der Waals surface area contributed by atoms with E-state index in [-0.39, 0.29) is 11.7 Å². The number of benzene rings is 1. The van der Waals surface area contributed by atoms with Gasteiger partial charge in [0.25, 0.3) is 5.91 Å². The summed E-state index contributed by atoms with van der Waals surface area (Å²) >= 11 is 1.78. The van der Waals surface area contributed by atoms with Crippen LogP contribution in [0.5, 0.6) is 0 Å². The summed E-state index contributed by atoms with van der Waals surface area (Å²) in [6.07, 6.45) is 2.99. The number of oxime groups is 1. The average molecular weight is 281 g/mol. The van der Waals surface area contributed by atoms with Gasteiger partial charge in [-0.05, 0) is 24.8 Å². The number of hydrogen-bond donors (Lipinski definition) is 3. The van der Waals surface area contributed by atoms with E-state index in [0.717, 1.165) is 6.42 Å². The SMILES string of the molecule is CSC(C)CCNC(=O)c1ccc(/C(N)=N/O)cc1. The smallest absolute Gasteiger partial charge is 0.251 e. The van der Waals surface area contributed by atoms with Crippen molar-refractivity contribution in [2.45, 2.75) is 18.6 Å². The summed E-state index contributed by atoms with van der Waals surface area (Å²) in [5.41, 5.74) is 6.59. The second kappa shape index (κ2) is 7.68. The molecule has 0 aliphatic heterocycles. The highest BCUT2D eigenvalue weighted by Crippen LogP contribution is 2.08. The van der Waals surface area contributed by atoms with Gasteiger partial charge in [-0.3, -0.25) is 4.79 Å². The molecule has 0 saturated heterocycles. The third-order valence-electron chi connectivity index (χ3n) is 2.79. The molecule has 4 N–H and O–H groups in total. The summed E-state index contributed by atoms with van der Waals surface area (Å²) in [7, 11) is 0. The summed E-state index contributed by atoms with van der Waals surface area (Å²) in [6, 6.07) is 6.60. The minimum atomic E-state index is -0.112. The molecule has 1 rings (SSSR count). The topological polar surface area (TPSA) is 87.7 Å². The molecule has 1 aromatic carbocycles. The number of thioether (sulfide) groups is 1. The third kappa shape index (κ3) is 4.82. The van der Waals surface area contributed by atoms with E-state index < -0.39 is 0 Å². The second-order valence-electron chi connectivity index (χ2n) is 4.15. The predicted octanol–water partition coefficient (Wildman–Crippen LogP) is 1.65. The van der Waals surface area contributed by atoms with Gasteiger partial charge in [-0.25, -0.2) is 0 Å². The largest absolute Gasteiger partial charge is 0.409 e. The van der Waals surface area contributed by atoms with Crippen LogP contribution >= 0.6 is 11.8 Å². The molecular weight excluding hydrogens is 262 g/mol. The van der Waals surface area contributed by atoms with Gasteiger partial charge in [0.15, 0.2) is 5.84 Å². The molecule has 6 heteroatoms. The Balaban J connectivity index is 2.54. The Bertz CT molecular complexity index is 446. The van der Waals surface area contributed by atoms with Crippen LogP contribution in [0.25, 0.3) is 0 Å². The van der Waals surface area contributed by atoms with E-state index in [9.17, 15) is 4.79 Å². The number of amidine groups is 1. The maximum Gasteiger partial charge on any atom is 0.251 e. The van der Waals surface area contributed by atoms with Crippen LogP contribution in [0.15, 0.2) is 29.4 Å². The molecule has 0 spiro atoms. The zero-order valence-electron chi connectivity index (χ0n) is 11.1. The van der Waals surface area contributed by atoms with Gasteiger partial charge in [0.2, 0.25) is 0 Å². The molecular formula is C13H19N3O2S. The summed E-state index contributed by atoms with van der Waals surface area (Å²) in [6.45, 7) is 2.78. The molecule has 0 aliphatic carbocycles. The number of hydrogen-bond acceptors (Lipinski definition) is 4. The fraction of sp³-hybridized carbons (Fsp3) is 0.385. The van der Waals surface area contributed by atoms with Crippen LogP contribution in [0.1, 0.15) is 29.3 Å². The standard InChI is InChI=1S/C13H19N3O2S/c1-9(19-2)7-8-15-13(17)11-5-3-10(4-6-11)12(14)16-18/h3-6,9,18H,7-8H2,1-2H3,(H2,14,16)(H,15,17). The Kier molecular flexibility index (Phi) is 6.21. The van der Waals surface area contributed by atoms with Gasteiger partial charge in [0.1, 0.15) is 0 Å². The average Bonchev–Trinajstić information content (AvgIpc) is 2.46. The minimum Gasteiger partial charge on any atom is -0.409 e. The highest BCUT2D eigenvalue weighted by Gasteiger charge is 2.07. The van der Waals surface area contributed by atoms with Gasteiger partial charge in [0.05, 0.1) is 0 Å². The Morgan fingerprint density at radius 1 is 1.42 bits per heavy atom. The van der Waals surface area contributed by atoms with Crippen molar-refractivity contribution in [2.24, 2.45) is 10.9 Å². The lowest BCUT2D eigenvalue weighted by Crippen LogP contribution is -2.26. The molecule has 0 radical (unpaired) electrons. The molecule has 19 heavy (non-hydrogen) atoms. The molecule has 0 heterocycles. The van der Waals surface area contributed by atoms with Crippen LogP contribution in [0, 0.1) is 0 Å². The van der Waals surface area contributed by atoms with Gasteiger partial charge in [-0.1, -0.05) is 24.2 Å². The van der Waals surface area contributed by atoms with Gasteiger partial charge in [0, 0.05) is 22.9 Å². The van der Waals surface area contributed by atoms with Crippen LogP contribution in [0.3, 0.4) is 0 Å². The normalized spacial score (nSPS) is 13.1. The zero-order chi connectivity index (χ0) is 14.3. The molecule has 1 atom stereocenters. The number of rotatable bonds is 6. The fourth-order valence-corrected chi connectivity index (χ4v) is 1.81. The maximum atomic E-state index is 11.8. The molecule has 0 saturated carbocycles. The van der Waals surface area contributed by atoms with Gasteiger partial charge in [-0.15, -0.1) is 0 Å². The van der Waals surface area contributed by atoms with Crippen molar-refractivity contribution in [2.75, 3.05) is 12.8 Å². The Morgan fingerprint density at radius 3 is 2.53 bits per heavy atom. The van der Waals surface area contributed by atoms with E-state index in [2.05, 4.69) is 23.7 Å². The van der Waals surface area contributed by atoms with Gasteiger partial charge >= 0.3 is 0 Å². The van der Waals surface area contributed by atoms with Crippen LogP contribution in [0.2, 0.25) is 0 Å². The first kappa shape index (κ1) is 15.4. The molecule has 1 unspecified atom stereocenters. The van der Waals surface area contributed by atoms with E-state index >= 15 is 0 Å². The van der Waals surface area contributed by atoms with Crippen molar-refractivity contribution < 1.29 is 10.0 Å². The van der Waals surface area contributed by atoms with Crippen LogP contribution < -0.4 is 11.1 Å². The molecule has 1 amide bonds. The lowest BCUT2D eigenvalue weighted by atomic mass is 10.1. The van der Waals surface area contributed by atoms with Gasteiger partial charge in [-0.2, -0.15) is 11.8 Å². The second-order valence-corrected chi connectivity index (χ2v) is 5.43. The van der Waals surface area contributed by atoms with E-state index in [1.807, 2.05) is 0 Å².